The Morgan fingerprint density at radius 3 is 1.56 bits per heavy atom. The Kier molecular flexibility index (Phi) is 14.8. The van der Waals surface area contributed by atoms with Gasteiger partial charge in [-0.05, 0) is 32.1 Å². The van der Waals surface area contributed by atoms with Gasteiger partial charge in [-0.15, -0.1) is 0 Å². The molecule has 0 rings (SSSR count). The number of ether oxygens (including phenoxy) is 3. The third-order valence-corrected chi connectivity index (χ3v) is 2.25. The van der Waals surface area contributed by atoms with Gasteiger partial charge in [0, 0.05) is 40.1 Å². The molecule has 0 aliphatic heterocycles. The molecular weight excluding hydrogens is 204 g/mol. The SMILES string of the molecule is [CH2]CCCOCCCCOCCCCOC. The number of rotatable bonds is 13. The van der Waals surface area contributed by atoms with Crippen LogP contribution in [0.2, 0.25) is 0 Å². The van der Waals surface area contributed by atoms with Crippen molar-refractivity contribution in [3.8, 4) is 0 Å². The molecule has 0 N–H and O–H groups in total. The Bertz CT molecular complexity index is 104. The summed E-state index contributed by atoms with van der Waals surface area (Å²) in [7, 11) is 1.73. The van der Waals surface area contributed by atoms with E-state index in [0.29, 0.717) is 0 Å². The maximum absolute atomic E-state index is 5.49. The fourth-order valence-electron chi connectivity index (χ4n) is 1.27. The highest BCUT2D eigenvalue weighted by molar-refractivity contribution is 4.42. The van der Waals surface area contributed by atoms with Gasteiger partial charge in [-0.25, -0.2) is 0 Å². The summed E-state index contributed by atoms with van der Waals surface area (Å²) in [6.07, 6.45) is 6.39. The summed E-state index contributed by atoms with van der Waals surface area (Å²) in [5.74, 6) is 0. The monoisotopic (exact) mass is 231 g/mol. The molecule has 3 heteroatoms. The van der Waals surface area contributed by atoms with Crippen LogP contribution in [0.25, 0.3) is 0 Å². The van der Waals surface area contributed by atoms with E-state index in [1.807, 2.05) is 0 Å². The van der Waals surface area contributed by atoms with Crippen LogP contribution >= 0.6 is 0 Å². The molecule has 0 aromatic rings. The van der Waals surface area contributed by atoms with Gasteiger partial charge in [0.25, 0.3) is 0 Å². The molecule has 97 valence electrons. The standard InChI is InChI=1S/C13H27O3/c1-3-4-10-15-12-7-8-13-16-11-6-5-9-14-2/h1,3-13H2,2H3. The van der Waals surface area contributed by atoms with Crippen molar-refractivity contribution in [2.75, 3.05) is 40.1 Å². The van der Waals surface area contributed by atoms with Gasteiger partial charge in [-0.1, -0.05) is 13.3 Å². The fourth-order valence-corrected chi connectivity index (χ4v) is 1.27. The zero-order valence-corrected chi connectivity index (χ0v) is 10.7. The van der Waals surface area contributed by atoms with Crippen LogP contribution in [0.1, 0.15) is 38.5 Å². The lowest BCUT2D eigenvalue weighted by Gasteiger charge is -2.05. The Morgan fingerprint density at radius 1 is 0.688 bits per heavy atom. The second kappa shape index (κ2) is 14.9. The zero-order chi connectivity index (χ0) is 11.9. The first-order valence-corrected chi connectivity index (χ1v) is 6.35. The maximum atomic E-state index is 5.49. The summed E-state index contributed by atoms with van der Waals surface area (Å²) in [5, 5.41) is 0. The van der Waals surface area contributed by atoms with E-state index in [4.69, 9.17) is 14.2 Å². The fraction of sp³-hybridized carbons (Fsp3) is 0.923. The molecule has 0 aliphatic rings. The minimum Gasteiger partial charge on any atom is -0.385 e. The summed E-state index contributed by atoms with van der Waals surface area (Å²) in [4.78, 5) is 0. The van der Waals surface area contributed by atoms with Gasteiger partial charge in [0.1, 0.15) is 0 Å². The van der Waals surface area contributed by atoms with Crippen LogP contribution in [-0.2, 0) is 14.2 Å². The molecule has 3 nitrogen and oxygen atoms in total. The third-order valence-electron chi connectivity index (χ3n) is 2.25. The number of unbranched alkanes of at least 4 members (excludes halogenated alkanes) is 3. The molecule has 0 atom stereocenters. The van der Waals surface area contributed by atoms with Crippen molar-refractivity contribution in [2.24, 2.45) is 0 Å². The van der Waals surface area contributed by atoms with E-state index < -0.39 is 0 Å². The van der Waals surface area contributed by atoms with Crippen molar-refractivity contribution in [3.05, 3.63) is 6.92 Å². The van der Waals surface area contributed by atoms with Crippen LogP contribution in [0.4, 0.5) is 0 Å². The molecular formula is C13H27O3. The number of hydrogen-bond donors (Lipinski definition) is 0. The summed E-state index contributed by atoms with van der Waals surface area (Å²) < 4.78 is 15.9. The number of hydrogen-bond acceptors (Lipinski definition) is 3. The van der Waals surface area contributed by atoms with Gasteiger partial charge in [-0.2, -0.15) is 0 Å². The highest BCUT2D eigenvalue weighted by Gasteiger charge is 1.92. The first-order valence-electron chi connectivity index (χ1n) is 6.35. The van der Waals surface area contributed by atoms with Crippen molar-refractivity contribution in [1.82, 2.24) is 0 Å². The molecule has 0 heterocycles. The third kappa shape index (κ3) is 13.9. The van der Waals surface area contributed by atoms with Crippen molar-refractivity contribution in [3.63, 3.8) is 0 Å². The van der Waals surface area contributed by atoms with Gasteiger partial charge in [0.15, 0.2) is 0 Å². The first-order chi connectivity index (χ1) is 7.91. The summed E-state index contributed by atoms with van der Waals surface area (Å²) >= 11 is 0. The molecule has 0 unspecified atom stereocenters. The lowest BCUT2D eigenvalue weighted by Crippen LogP contribution is -2.01. The molecule has 0 spiro atoms. The highest BCUT2D eigenvalue weighted by atomic mass is 16.5. The molecule has 16 heavy (non-hydrogen) atoms. The van der Waals surface area contributed by atoms with Crippen LogP contribution in [0.5, 0.6) is 0 Å². The molecule has 0 saturated heterocycles. The van der Waals surface area contributed by atoms with E-state index >= 15 is 0 Å². The second-order valence-electron chi connectivity index (χ2n) is 3.84. The minimum atomic E-state index is 0.837. The average molecular weight is 231 g/mol. The van der Waals surface area contributed by atoms with Crippen LogP contribution in [0.3, 0.4) is 0 Å². The van der Waals surface area contributed by atoms with Crippen LogP contribution in [0.15, 0.2) is 0 Å². The van der Waals surface area contributed by atoms with Gasteiger partial charge >= 0.3 is 0 Å². The van der Waals surface area contributed by atoms with E-state index in [2.05, 4.69) is 6.92 Å². The molecule has 0 aliphatic carbocycles. The Labute approximate surface area is 100 Å². The van der Waals surface area contributed by atoms with Gasteiger partial charge in [0.2, 0.25) is 0 Å². The quantitative estimate of drug-likeness (QED) is 0.456. The predicted molar refractivity (Wildman–Crippen MR) is 66.6 cm³/mol. The van der Waals surface area contributed by atoms with Crippen LogP contribution in [0, 0.1) is 6.92 Å². The lowest BCUT2D eigenvalue weighted by molar-refractivity contribution is 0.0963. The Morgan fingerprint density at radius 2 is 1.12 bits per heavy atom. The molecule has 0 amide bonds. The minimum absolute atomic E-state index is 0.837. The van der Waals surface area contributed by atoms with E-state index in [-0.39, 0.29) is 0 Å². The van der Waals surface area contributed by atoms with Gasteiger partial charge < -0.3 is 14.2 Å². The molecule has 1 radical (unpaired) electrons. The smallest absolute Gasteiger partial charge is 0.0466 e. The second-order valence-corrected chi connectivity index (χ2v) is 3.84. The largest absolute Gasteiger partial charge is 0.385 e. The van der Waals surface area contributed by atoms with E-state index in [1.165, 1.54) is 0 Å². The Balaban J connectivity index is 2.83. The molecule has 0 aromatic heterocycles. The molecule has 0 bridgehead atoms. The van der Waals surface area contributed by atoms with Crippen molar-refractivity contribution >= 4 is 0 Å². The average Bonchev–Trinajstić information content (AvgIpc) is 2.31. The van der Waals surface area contributed by atoms with E-state index in [1.54, 1.807) is 7.11 Å². The first kappa shape index (κ1) is 15.9. The van der Waals surface area contributed by atoms with Crippen molar-refractivity contribution in [2.45, 2.75) is 38.5 Å². The topological polar surface area (TPSA) is 27.7 Å². The Hall–Kier alpha value is -0.120. The summed E-state index contributed by atoms with van der Waals surface area (Å²) in [6, 6.07) is 0. The van der Waals surface area contributed by atoms with Crippen LogP contribution < -0.4 is 0 Å². The highest BCUT2D eigenvalue weighted by Crippen LogP contribution is 1.96. The lowest BCUT2D eigenvalue weighted by atomic mass is 10.3. The summed E-state index contributed by atoms with van der Waals surface area (Å²) in [6.45, 7) is 8.01. The predicted octanol–water partition coefficient (Wildman–Crippen LogP) is 2.84. The van der Waals surface area contributed by atoms with E-state index in [0.717, 1.165) is 71.6 Å². The van der Waals surface area contributed by atoms with Gasteiger partial charge in [-0.3, -0.25) is 0 Å². The maximum Gasteiger partial charge on any atom is 0.0466 e. The van der Waals surface area contributed by atoms with Crippen molar-refractivity contribution in [1.29, 1.82) is 0 Å². The molecule has 0 aromatic carbocycles. The summed E-state index contributed by atoms with van der Waals surface area (Å²) in [5.41, 5.74) is 0. The van der Waals surface area contributed by atoms with Crippen LogP contribution in [-0.4, -0.2) is 40.1 Å². The van der Waals surface area contributed by atoms with Crippen molar-refractivity contribution < 1.29 is 14.2 Å². The van der Waals surface area contributed by atoms with E-state index in [9.17, 15) is 0 Å². The zero-order valence-electron chi connectivity index (χ0n) is 10.7. The number of methoxy groups -OCH3 is 1. The molecule has 0 saturated carbocycles. The van der Waals surface area contributed by atoms with Gasteiger partial charge in [0.05, 0.1) is 0 Å². The normalized spacial score (nSPS) is 10.9. The molecule has 0 fully saturated rings.